The van der Waals surface area contributed by atoms with Gasteiger partial charge in [0, 0.05) is 10.9 Å². The number of carboxylic acid groups (broad SMARTS) is 1. The lowest BCUT2D eigenvalue weighted by molar-refractivity contribution is 0.0691. The molecule has 0 saturated heterocycles. The largest absolute Gasteiger partial charge is 0.476 e. The molecule has 0 radical (unpaired) electrons. The van der Waals surface area contributed by atoms with Crippen molar-refractivity contribution in [3.8, 4) is 0 Å². The number of hydrogen-bond acceptors (Lipinski definition) is 6. The van der Waals surface area contributed by atoms with Gasteiger partial charge in [0.25, 0.3) is 10.0 Å². The third kappa shape index (κ3) is 2.52. The van der Waals surface area contributed by atoms with E-state index in [4.69, 9.17) is 5.11 Å². The van der Waals surface area contributed by atoms with E-state index in [0.717, 1.165) is 0 Å². The molecule has 108 valence electrons. The number of nitrogens with zero attached hydrogens (tertiary/aromatic N) is 2. The summed E-state index contributed by atoms with van der Waals surface area (Å²) in [5, 5.41) is 10.7. The van der Waals surface area contributed by atoms with Gasteiger partial charge in [-0.2, -0.15) is 0 Å². The summed E-state index contributed by atoms with van der Waals surface area (Å²) < 4.78 is 26.1. The van der Waals surface area contributed by atoms with Crippen LogP contribution < -0.4 is 4.72 Å². The molecule has 1 aromatic heterocycles. The van der Waals surface area contributed by atoms with Gasteiger partial charge in [0.1, 0.15) is 10.8 Å². The van der Waals surface area contributed by atoms with Crippen LogP contribution in [-0.2, 0) is 16.6 Å². The van der Waals surface area contributed by atoms with Gasteiger partial charge in [-0.3, -0.25) is 9.71 Å². The van der Waals surface area contributed by atoms with Crippen molar-refractivity contribution in [1.82, 2.24) is 9.71 Å². The fourth-order valence-corrected chi connectivity index (χ4v) is 3.82. The van der Waals surface area contributed by atoms with Crippen molar-refractivity contribution >= 4 is 33.2 Å². The summed E-state index contributed by atoms with van der Waals surface area (Å²) in [7, 11) is -3.56. The Bertz CT molecular complexity index is 855. The zero-order chi connectivity index (χ0) is 15.0. The highest BCUT2D eigenvalue weighted by atomic mass is 32.2. The van der Waals surface area contributed by atoms with Crippen molar-refractivity contribution in [3.63, 3.8) is 0 Å². The van der Waals surface area contributed by atoms with E-state index in [-0.39, 0.29) is 23.0 Å². The molecule has 1 aliphatic rings. The number of carbonyl (C=O) groups is 1. The molecule has 0 saturated carbocycles. The number of aromatic nitrogens is 1. The van der Waals surface area contributed by atoms with Crippen LogP contribution in [0.3, 0.4) is 0 Å². The van der Waals surface area contributed by atoms with Crippen molar-refractivity contribution in [2.45, 2.75) is 11.4 Å². The van der Waals surface area contributed by atoms with Crippen molar-refractivity contribution < 1.29 is 18.3 Å². The summed E-state index contributed by atoms with van der Waals surface area (Å²) in [5.74, 6) is -0.852. The standard InChI is InChI=1S/C12H9N3O4S2/c16-12(17)8-6-20-10(14-8)5-13-11-7-3-1-2-4-9(7)21(18,19)15-11/h1-4,6H,5H2,(H,13,15)(H,16,17). The van der Waals surface area contributed by atoms with Gasteiger partial charge >= 0.3 is 5.97 Å². The Labute approximate surface area is 124 Å². The van der Waals surface area contributed by atoms with Crippen LogP contribution in [0.1, 0.15) is 21.1 Å². The van der Waals surface area contributed by atoms with Gasteiger partial charge < -0.3 is 5.11 Å². The lowest BCUT2D eigenvalue weighted by Crippen LogP contribution is -2.22. The average Bonchev–Trinajstić information content (AvgIpc) is 3.01. The van der Waals surface area contributed by atoms with Crippen LogP contribution in [0.25, 0.3) is 0 Å². The van der Waals surface area contributed by atoms with Crippen molar-refractivity contribution in [3.05, 3.63) is 45.9 Å². The van der Waals surface area contributed by atoms with E-state index in [1.807, 2.05) is 0 Å². The number of aliphatic imine (C=N–C) groups is 1. The number of hydrogen-bond donors (Lipinski definition) is 2. The van der Waals surface area contributed by atoms with Crippen molar-refractivity contribution in [1.29, 1.82) is 0 Å². The number of aromatic carboxylic acids is 1. The second-order valence-corrected chi connectivity index (χ2v) is 6.79. The van der Waals surface area contributed by atoms with Crippen LogP contribution in [0.2, 0.25) is 0 Å². The molecule has 0 fully saturated rings. The zero-order valence-electron chi connectivity index (χ0n) is 10.5. The molecule has 0 aliphatic carbocycles. The minimum Gasteiger partial charge on any atom is -0.476 e. The Morgan fingerprint density at radius 3 is 2.86 bits per heavy atom. The Morgan fingerprint density at radius 2 is 2.14 bits per heavy atom. The highest BCUT2D eigenvalue weighted by Crippen LogP contribution is 2.22. The number of amidine groups is 1. The van der Waals surface area contributed by atoms with Gasteiger partial charge in [-0.25, -0.2) is 18.2 Å². The van der Waals surface area contributed by atoms with Gasteiger partial charge in [-0.05, 0) is 12.1 Å². The normalized spacial score (nSPS) is 17.4. The quantitative estimate of drug-likeness (QED) is 0.878. The van der Waals surface area contributed by atoms with E-state index >= 15 is 0 Å². The molecule has 9 heteroatoms. The Morgan fingerprint density at radius 1 is 1.38 bits per heavy atom. The molecule has 0 amide bonds. The van der Waals surface area contributed by atoms with Crippen LogP contribution in [-0.4, -0.2) is 30.3 Å². The Hall–Kier alpha value is -2.26. The summed E-state index contributed by atoms with van der Waals surface area (Å²) in [6, 6.07) is 6.53. The maximum absolute atomic E-state index is 11.9. The van der Waals surface area contributed by atoms with Gasteiger partial charge in [-0.1, -0.05) is 12.1 Å². The highest BCUT2D eigenvalue weighted by Gasteiger charge is 2.30. The number of fused-ring (bicyclic) bond motifs is 1. The molecule has 0 atom stereocenters. The molecular weight excluding hydrogens is 314 g/mol. The van der Waals surface area contributed by atoms with Crippen molar-refractivity contribution in [2.75, 3.05) is 0 Å². The number of thiazole rings is 1. The van der Waals surface area contributed by atoms with E-state index in [1.54, 1.807) is 18.2 Å². The maximum atomic E-state index is 11.9. The zero-order valence-corrected chi connectivity index (χ0v) is 12.1. The fourth-order valence-electron chi connectivity index (χ4n) is 1.88. The summed E-state index contributed by atoms with van der Waals surface area (Å²) in [4.78, 5) is 19.0. The molecule has 0 spiro atoms. The van der Waals surface area contributed by atoms with E-state index in [9.17, 15) is 13.2 Å². The first kappa shape index (κ1) is 13.7. The van der Waals surface area contributed by atoms with E-state index < -0.39 is 16.0 Å². The van der Waals surface area contributed by atoms with Gasteiger partial charge in [0.2, 0.25) is 0 Å². The number of benzene rings is 1. The molecule has 0 bridgehead atoms. The molecule has 1 aliphatic heterocycles. The fraction of sp³-hybridized carbons (Fsp3) is 0.0833. The van der Waals surface area contributed by atoms with Crippen molar-refractivity contribution in [2.24, 2.45) is 4.99 Å². The first-order valence-electron chi connectivity index (χ1n) is 5.82. The number of carboxylic acids is 1. The third-order valence-electron chi connectivity index (χ3n) is 2.81. The number of sulfonamides is 1. The first-order chi connectivity index (χ1) is 9.97. The Balaban J connectivity index is 1.89. The van der Waals surface area contributed by atoms with Crippen LogP contribution in [0.4, 0.5) is 0 Å². The van der Waals surface area contributed by atoms with E-state index in [2.05, 4.69) is 14.7 Å². The Kier molecular flexibility index (Phi) is 3.22. The second-order valence-electron chi connectivity index (χ2n) is 4.20. The monoisotopic (exact) mass is 323 g/mol. The molecule has 21 heavy (non-hydrogen) atoms. The molecule has 2 N–H and O–H groups in total. The summed E-state index contributed by atoms with van der Waals surface area (Å²) in [5.41, 5.74) is 0.468. The smallest absolute Gasteiger partial charge is 0.355 e. The molecular formula is C12H9N3O4S2. The average molecular weight is 323 g/mol. The maximum Gasteiger partial charge on any atom is 0.355 e. The molecule has 7 nitrogen and oxygen atoms in total. The van der Waals surface area contributed by atoms with Gasteiger partial charge in [0.05, 0.1) is 11.4 Å². The molecule has 2 aromatic rings. The van der Waals surface area contributed by atoms with Gasteiger partial charge in [-0.15, -0.1) is 11.3 Å². The molecule has 1 aromatic carbocycles. The van der Waals surface area contributed by atoms with Crippen LogP contribution in [0.5, 0.6) is 0 Å². The predicted octanol–water partition coefficient (Wildman–Crippen LogP) is 1.08. The minimum absolute atomic E-state index is 0.0393. The van der Waals surface area contributed by atoms with Crippen LogP contribution in [0, 0.1) is 0 Å². The predicted molar refractivity (Wildman–Crippen MR) is 76.1 cm³/mol. The van der Waals surface area contributed by atoms with Crippen LogP contribution in [0.15, 0.2) is 39.5 Å². The SMILES string of the molecule is O=C(O)c1csc(CN=C2NS(=O)(=O)c3ccccc32)n1. The van der Waals surface area contributed by atoms with E-state index in [1.165, 1.54) is 22.8 Å². The molecule has 0 unspecified atom stereocenters. The molecule has 3 rings (SSSR count). The third-order valence-corrected chi connectivity index (χ3v) is 5.04. The first-order valence-corrected chi connectivity index (χ1v) is 8.18. The minimum atomic E-state index is -3.56. The summed E-state index contributed by atoms with van der Waals surface area (Å²) >= 11 is 1.17. The number of rotatable bonds is 3. The van der Waals surface area contributed by atoms with Crippen LogP contribution >= 0.6 is 11.3 Å². The lowest BCUT2D eigenvalue weighted by atomic mass is 10.2. The van der Waals surface area contributed by atoms with E-state index in [0.29, 0.717) is 10.6 Å². The second kappa shape index (κ2) is 4.93. The lowest BCUT2D eigenvalue weighted by Gasteiger charge is -1.97. The summed E-state index contributed by atoms with van der Waals surface area (Å²) in [6.45, 7) is 0.115. The molecule has 2 heterocycles. The number of nitrogens with one attached hydrogen (secondary N) is 1. The topological polar surface area (TPSA) is 109 Å². The summed E-state index contributed by atoms with van der Waals surface area (Å²) in [6.07, 6.45) is 0. The van der Waals surface area contributed by atoms with Gasteiger partial charge in [0.15, 0.2) is 5.69 Å². The highest BCUT2D eigenvalue weighted by molar-refractivity contribution is 7.90.